The lowest BCUT2D eigenvalue weighted by molar-refractivity contribution is 0.312. The molecule has 3 heterocycles. The van der Waals surface area contributed by atoms with Gasteiger partial charge in [-0.2, -0.15) is 0 Å². The van der Waals surface area contributed by atoms with E-state index in [1.807, 2.05) is 12.4 Å². The van der Waals surface area contributed by atoms with E-state index in [9.17, 15) is 0 Å². The summed E-state index contributed by atoms with van der Waals surface area (Å²) in [4.78, 5) is 12.6. The van der Waals surface area contributed by atoms with Crippen molar-refractivity contribution in [2.75, 3.05) is 38.1 Å². The number of rotatable bonds is 2. The number of hydrogen-bond donors (Lipinski definition) is 1. The Labute approximate surface area is 143 Å². The van der Waals surface area contributed by atoms with Crippen molar-refractivity contribution in [1.29, 1.82) is 0 Å². The Morgan fingerprint density at radius 1 is 1.04 bits per heavy atom. The Balaban J connectivity index is 1.69. The highest BCUT2D eigenvalue weighted by molar-refractivity contribution is 5.86. The number of pyridine rings is 1. The molecule has 4 rings (SSSR count). The molecule has 0 spiro atoms. The van der Waals surface area contributed by atoms with Gasteiger partial charge in [-0.25, -0.2) is 4.98 Å². The molecule has 0 unspecified atom stereocenters. The first-order valence-corrected chi connectivity index (χ1v) is 8.60. The van der Waals surface area contributed by atoms with E-state index < -0.39 is 0 Å². The third-order valence-electron chi connectivity index (χ3n) is 5.21. The van der Waals surface area contributed by atoms with Gasteiger partial charge in [-0.05, 0) is 55.8 Å². The molecule has 124 valence electrons. The smallest absolute Gasteiger partial charge is 0.137 e. The van der Waals surface area contributed by atoms with Crippen LogP contribution in [0.15, 0.2) is 36.7 Å². The molecule has 0 bridgehead atoms. The summed E-state index contributed by atoms with van der Waals surface area (Å²) in [7, 11) is 2.19. The van der Waals surface area contributed by atoms with Crippen molar-refractivity contribution in [1.82, 2.24) is 14.9 Å². The van der Waals surface area contributed by atoms with Gasteiger partial charge < -0.3 is 14.8 Å². The molecule has 1 saturated heterocycles. The zero-order chi connectivity index (χ0) is 16.7. The van der Waals surface area contributed by atoms with Gasteiger partial charge in [-0.3, -0.25) is 0 Å². The van der Waals surface area contributed by atoms with E-state index in [0.717, 1.165) is 31.8 Å². The van der Waals surface area contributed by atoms with Crippen molar-refractivity contribution in [3.05, 3.63) is 47.8 Å². The molecule has 4 nitrogen and oxygen atoms in total. The van der Waals surface area contributed by atoms with E-state index in [1.54, 1.807) is 0 Å². The number of H-pyrrole nitrogens is 1. The molecule has 24 heavy (non-hydrogen) atoms. The second-order valence-corrected chi connectivity index (χ2v) is 6.83. The van der Waals surface area contributed by atoms with Crippen LogP contribution < -0.4 is 4.90 Å². The largest absolute Gasteiger partial charge is 0.369 e. The summed E-state index contributed by atoms with van der Waals surface area (Å²) in [5.74, 6) is 0. The Morgan fingerprint density at radius 2 is 1.83 bits per heavy atom. The number of aromatic amines is 1. The number of nitrogens with one attached hydrogen (secondary N) is 1. The van der Waals surface area contributed by atoms with Gasteiger partial charge in [0.05, 0.1) is 0 Å². The number of anilines is 1. The molecule has 1 aromatic carbocycles. The first-order valence-electron chi connectivity index (χ1n) is 8.60. The van der Waals surface area contributed by atoms with Crippen LogP contribution >= 0.6 is 0 Å². The molecule has 1 N–H and O–H groups in total. The fourth-order valence-corrected chi connectivity index (χ4v) is 3.66. The van der Waals surface area contributed by atoms with Gasteiger partial charge in [0.1, 0.15) is 5.65 Å². The number of aryl methyl sites for hydroxylation is 2. The molecule has 0 saturated carbocycles. The molecular formula is C20H24N4. The zero-order valence-corrected chi connectivity index (χ0v) is 14.6. The lowest BCUT2D eigenvalue weighted by Crippen LogP contribution is -2.44. The summed E-state index contributed by atoms with van der Waals surface area (Å²) in [6.45, 7) is 8.87. The van der Waals surface area contributed by atoms with Crippen LogP contribution in [0.25, 0.3) is 22.2 Å². The molecule has 0 amide bonds. The number of hydrogen-bond acceptors (Lipinski definition) is 3. The molecule has 4 heteroatoms. The van der Waals surface area contributed by atoms with Gasteiger partial charge in [0.15, 0.2) is 0 Å². The van der Waals surface area contributed by atoms with Crippen molar-refractivity contribution < 1.29 is 0 Å². The number of nitrogens with zero attached hydrogens (tertiary/aromatic N) is 3. The maximum absolute atomic E-state index is 4.56. The van der Waals surface area contributed by atoms with Crippen molar-refractivity contribution in [3.63, 3.8) is 0 Å². The fraction of sp³-hybridized carbons (Fsp3) is 0.350. The SMILES string of the molecule is Cc1cc(-c2cnc3[nH]ccc3c2C)ccc1N1CCN(C)CC1. The Bertz CT molecular complexity index is 872. The average Bonchev–Trinajstić information content (AvgIpc) is 3.06. The topological polar surface area (TPSA) is 35.2 Å². The maximum Gasteiger partial charge on any atom is 0.137 e. The molecule has 3 aromatic rings. The number of benzene rings is 1. The van der Waals surface area contributed by atoms with Gasteiger partial charge >= 0.3 is 0 Å². The summed E-state index contributed by atoms with van der Waals surface area (Å²) < 4.78 is 0. The second-order valence-electron chi connectivity index (χ2n) is 6.83. The van der Waals surface area contributed by atoms with E-state index >= 15 is 0 Å². The highest BCUT2D eigenvalue weighted by Gasteiger charge is 2.16. The summed E-state index contributed by atoms with van der Waals surface area (Å²) in [6, 6.07) is 8.92. The first-order chi connectivity index (χ1) is 11.6. The van der Waals surface area contributed by atoms with Crippen LogP contribution in [0.5, 0.6) is 0 Å². The summed E-state index contributed by atoms with van der Waals surface area (Å²) in [5, 5.41) is 1.20. The van der Waals surface area contributed by atoms with E-state index in [-0.39, 0.29) is 0 Å². The van der Waals surface area contributed by atoms with Crippen molar-refractivity contribution in [3.8, 4) is 11.1 Å². The summed E-state index contributed by atoms with van der Waals surface area (Å²) >= 11 is 0. The van der Waals surface area contributed by atoms with Crippen LogP contribution in [0, 0.1) is 13.8 Å². The van der Waals surface area contributed by atoms with Gasteiger partial charge in [-0.1, -0.05) is 6.07 Å². The molecular weight excluding hydrogens is 296 g/mol. The number of piperazine rings is 1. The highest BCUT2D eigenvalue weighted by atomic mass is 15.2. The zero-order valence-electron chi connectivity index (χ0n) is 14.6. The average molecular weight is 320 g/mol. The minimum absolute atomic E-state index is 0.960. The highest BCUT2D eigenvalue weighted by Crippen LogP contribution is 2.31. The Morgan fingerprint density at radius 3 is 2.58 bits per heavy atom. The van der Waals surface area contributed by atoms with Crippen LogP contribution in [-0.2, 0) is 0 Å². The van der Waals surface area contributed by atoms with Crippen molar-refractivity contribution in [2.45, 2.75) is 13.8 Å². The lowest BCUT2D eigenvalue weighted by atomic mass is 9.98. The standard InChI is InChI=1S/C20H24N4/c1-14-12-16(4-5-19(14)24-10-8-23(3)9-11-24)18-13-22-20-17(15(18)2)6-7-21-20/h4-7,12-13H,8-11H2,1-3H3,(H,21,22). The monoisotopic (exact) mass is 320 g/mol. The van der Waals surface area contributed by atoms with Gasteiger partial charge in [-0.15, -0.1) is 0 Å². The second kappa shape index (κ2) is 5.95. The first kappa shape index (κ1) is 15.2. The number of likely N-dealkylation sites (N-methyl/N-ethyl adjacent to an activating group) is 1. The van der Waals surface area contributed by atoms with Crippen molar-refractivity contribution in [2.24, 2.45) is 0 Å². The predicted octanol–water partition coefficient (Wildman–Crippen LogP) is 3.60. The molecule has 1 fully saturated rings. The van der Waals surface area contributed by atoms with E-state index in [2.05, 4.69) is 64.9 Å². The van der Waals surface area contributed by atoms with Gasteiger partial charge in [0.2, 0.25) is 0 Å². The maximum atomic E-state index is 4.56. The van der Waals surface area contributed by atoms with Crippen LogP contribution in [-0.4, -0.2) is 48.1 Å². The fourth-order valence-electron chi connectivity index (χ4n) is 3.66. The van der Waals surface area contributed by atoms with Crippen LogP contribution in [0.1, 0.15) is 11.1 Å². The number of fused-ring (bicyclic) bond motifs is 1. The number of aromatic nitrogens is 2. The molecule has 1 aliphatic rings. The quantitative estimate of drug-likeness (QED) is 0.783. The summed E-state index contributed by atoms with van der Waals surface area (Å²) in [5.41, 5.74) is 7.41. The molecule has 1 aliphatic heterocycles. The minimum atomic E-state index is 0.960. The normalized spacial score (nSPS) is 16.0. The van der Waals surface area contributed by atoms with E-state index in [4.69, 9.17) is 0 Å². The molecule has 0 aliphatic carbocycles. The third-order valence-corrected chi connectivity index (χ3v) is 5.21. The minimum Gasteiger partial charge on any atom is -0.369 e. The third kappa shape index (κ3) is 2.57. The Hall–Kier alpha value is -2.33. The van der Waals surface area contributed by atoms with Gasteiger partial charge in [0.25, 0.3) is 0 Å². The van der Waals surface area contributed by atoms with Crippen LogP contribution in [0.3, 0.4) is 0 Å². The molecule has 0 atom stereocenters. The van der Waals surface area contributed by atoms with E-state index in [0.29, 0.717) is 0 Å². The molecule has 2 aromatic heterocycles. The van der Waals surface area contributed by atoms with Crippen LogP contribution in [0.4, 0.5) is 5.69 Å². The van der Waals surface area contributed by atoms with E-state index in [1.165, 1.54) is 33.3 Å². The van der Waals surface area contributed by atoms with Crippen LogP contribution in [0.2, 0.25) is 0 Å². The lowest BCUT2D eigenvalue weighted by Gasteiger charge is -2.35. The molecule has 0 radical (unpaired) electrons. The Kier molecular flexibility index (Phi) is 3.77. The van der Waals surface area contributed by atoms with Gasteiger partial charge in [0, 0.05) is 55.2 Å². The summed E-state index contributed by atoms with van der Waals surface area (Å²) in [6.07, 6.45) is 3.94. The predicted molar refractivity (Wildman–Crippen MR) is 101 cm³/mol. The van der Waals surface area contributed by atoms with Crippen molar-refractivity contribution >= 4 is 16.7 Å².